The summed E-state index contributed by atoms with van der Waals surface area (Å²) in [5.41, 5.74) is 1.47. The minimum atomic E-state index is -0.279. The summed E-state index contributed by atoms with van der Waals surface area (Å²) in [7, 11) is 1.36. The van der Waals surface area contributed by atoms with Crippen molar-refractivity contribution >= 4 is 11.9 Å². The molecule has 1 aliphatic carbocycles. The Labute approximate surface area is 165 Å². The van der Waals surface area contributed by atoms with Gasteiger partial charge in [-0.05, 0) is 32.1 Å². The van der Waals surface area contributed by atoms with E-state index >= 15 is 0 Å². The van der Waals surface area contributed by atoms with Gasteiger partial charge in [0.1, 0.15) is 5.82 Å². The number of hydrogen-bond acceptors (Lipinski definition) is 5. The normalized spacial score (nSPS) is 18.2. The highest BCUT2D eigenvalue weighted by atomic mass is 16.5. The van der Waals surface area contributed by atoms with Crippen molar-refractivity contribution in [1.82, 2.24) is 14.9 Å². The van der Waals surface area contributed by atoms with Crippen LogP contribution >= 0.6 is 0 Å². The highest BCUT2D eigenvalue weighted by Crippen LogP contribution is 2.44. The highest BCUT2D eigenvalue weighted by Gasteiger charge is 2.44. The largest absolute Gasteiger partial charge is 0.469 e. The SMILES string of the molecule is COC(=O)CCCC(=O)N1CCC2(CCc3c2nc(C(C)(C)C)[nH]c3=O)CC1. The average molecular weight is 389 g/mol. The zero-order chi connectivity index (χ0) is 20.5. The van der Waals surface area contributed by atoms with Crippen molar-refractivity contribution in [3.8, 4) is 0 Å². The molecule has 1 amide bonds. The van der Waals surface area contributed by atoms with Crippen LogP contribution in [-0.2, 0) is 31.6 Å². The fourth-order valence-electron chi connectivity index (χ4n) is 4.32. The first-order valence-electron chi connectivity index (χ1n) is 10.1. The smallest absolute Gasteiger partial charge is 0.305 e. The number of amides is 1. The number of ether oxygens (including phenoxy) is 1. The molecule has 0 saturated carbocycles. The lowest BCUT2D eigenvalue weighted by Gasteiger charge is -2.39. The third-order valence-electron chi connectivity index (χ3n) is 6.15. The first-order valence-corrected chi connectivity index (χ1v) is 10.1. The molecule has 28 heavy (non-hydrogen) atoms. The Bertz CT molecular complexity index is 814. The summed E-state index contributed by atoms with van der Waals surface area (Å²) in [6.07, 6.45) is 4.51. The molecule has 1 fully saturated rings. The lowest BCUT2D eigenvalue weighted by molar-refractivity contribution is -0.141. The Morgan fingerprint density at radius 1 is 1.18 bits per heavy atom. The molecule has 0 radical (unpaired) electrons. The Morgan fingerprint density at radius 3 is 2.46 bits per heavy atom. The number of carbonyl (C=O) groups excluding carboxylic acids is 2. The number of rotatable bonds is 4. The average Bonchev–Trinajstić information content (AvgIpc) is 3.00. The quantitative estimate of drug-likeness (QED) is 0.797. The van der Waals surface area contributed by atoms with E-state index in [0.29, 0.717) is 25.9 Å². The van der Waals surface area contributed by atoms with Crippen LogP contribution in [0.25, 0.3) is 0 Å². The lowest BCUT2D eigenvalue weighted by atomic mass is 9.76. The number of nitrogens with zero attached hydrogens (tertiary/aromatic N) is 2. The van der Waals surface area contributed by atoms with Crippen LogP contribution in [0.2, 0.25) is 0 Å². The number of H-pyrrole nitrogens is 1. The third kappa shape index (κ3) is 3.98. The van der Waals surface area contributed by atoms with Crippen LogP contribution in [0.15, 0.2) is 4.79 Å². The van der Waals surface area contributed by atoms with E-state index < -0.39 is 0 Å². The van der Waals surface area contributed by atoms with Gasteiger partial charge in [0, 0.05) is 42.3 Å². The number of methoxy groups -OCH3 is 1. The van der Waals surface area contributed by atoms with E-state index in [4.69, 9.17) is 4.98 Å². The number of fused-ring (bicyclic) bond motifs is 2. The van der Waals surface area contributed by atoms with E-state index in [-0.39, 0.29) is 34.7 Å². The lowest BCUT2D eigenvalue weighted by Crippen LogP contribution is -2.45. The molecule has 3 rings (SSSR count). The van der Waals surface area contributed by atoms with Crippen LogP contribution in [0, 0.1) is 0 Å². The molecule has 0 atom stereocenters. The number of aromatic nitrogens is 2. The molecule has 1 N–H and O–H groups in total. The molecule has 2 heterocycles. The summed E-state index contributed by atoms with van der Waals surface area (Å²) < 4.78 is 4.62. The zero-order valence-corrected chi connectivity index (χ0v) is 17.4. The van der Waals surface area contributed by atoms with Crippen LogP contribution in [0.5, 0.6) is 0 Å². The molecule has 0 aromatic carbocycles. The topological polar surface area (TPSA) is 92.4 Å². The van der Waals surface area contributed by atoms with Crippen molar-refractivity contribution in [3.05, 3.63) is 27.4 Å². The number of likely N-dealkylation sites (tertiary alicyclic amines) is 1. The van der Waals surface area contributed by atoms with Crippen LogP contribution in [-0.4, -0.2) is 46.9 Å². The molecule has 7 heteroatoms. The number of esters is 1. The number of carbonyl (C=O) groups is 2. The Morgan fingerprint density at radius 2 is 1.86 bits per heavy atom. The van der Waals surface area contributed by atoms with E-state index in [0.717, 1.165) is 42.8 Å². The first-order chi connectivity index (χ1) is 13.2. The van der Waals surface area contributed by atoms with Gasteiger partial charge >= 0.3 is 5.97 Å². The Hall–Kier alpha value is -2.18. The van der Waals surface area contributed by atoms with Crippen molar-refractivity contribution in [2.24, 2.45) is 0 Å². The number of piperidine rings is 1. The van der Waals surface area contributed by atoms with E-state index in [1.165, 1.54) is 7.11 Å². The first kappa shape index (κ1) is 20.6. The van der Waals surface area contributed by atoms with E-state index in [9.17, 15) is 14.4 Å². The van der Waals surface area contributed by atoms with Gasteiger partial charge in [0.2, 0.25) is 5.91 Å². The van der Waals surface area contributed by atoms with Gasteiger partial charge in [0.15, 0.2) is 0 Å². The van der Waals surface area contributed by atoms with Gasteiger partial charge < -0.3 is 14.6 Å². The van der Waals surface area contributed by atoms with Crippen molar-refractivity contribution in [3.63, 3.8) is 0 Å². The second kappa shape index (κ2) is 7.68. The van der Waals surface area contributed by atoms with Crippen LogP contribution in [0.1, 0.15) is 76.4 Å². The van der Waals surface area contributed by atoms with Gasteiger partial charge in [-0.25, -0.2) is 4.98 Å². The number of aromatic amines is 1. The van der Waals surface area contributed by atoms with Crippen molar-refractivity contribution in [1.29, 1.82) is 0 Å². The molecule has 1 aliphatic heterocycles. The molecule has 2 aliphatic rings. The molecular weight excluding hydrogens is 358 g/mol. The van der Waals surface area contributed by atoms with E-state index in [2.05, 4.69) is 30.5 Å². The fraction of sp³-hybridized carbons (Fsp3) is 0.714. The van der Waals surface area contributed by atoms with E-state index in [1.807, 2.05) is 4.90 Å². The number of hydrogen-bond donors (Lipinski definition) is 1. The summed E-state index contributed by atoms with van der Waals surface area (Å²) in [6.45, 7) is 7.50. The molecule has 1 aromatic rings. The summed E-state index contributed by atoms with van der Waals surface area (Å²) in [6, 6.07) is 0. The second-order valence-electron chi connectivity index (χ2n) is 9.08. The van der Waals surface area contributed by atoms with Gasteiger partial charge in [-0.1, -0.05) is 20.8 Å². The summed E-state index contributed by atoms with van der Waals surface area (Å²) in [5, 5.41) is 0. The molecule has 154 valence electrons. The minimum absolute atomic E-state index is 0.00637. The minimum Gasteiger partial charge on any atom is -0.469 e. The molecule has 0 unspecified atom stereocenters. The zero-order valence-electron chi connectivity index (χ0n) is 17.4. The van der Waals surface area contributed by atoms with Crippen LogP contribution in [0.3, 0.4) is 0 Å². The maximum Gasteiger partial charge on any atom is 0.305 e. The molecule has 7 nitrogen and oxygen atoms in total. The Kier molecular flexibility index (Phi) is 5.64. The Balaban J connectivity index is 1.69. The second-order valence-corrected chi connectivity index (χ2v) is 9.08. The van der Waals surface area contributed by atoms with Gasteiger partial charge in [-0.2, -0.15) is 0 Å². The van der Waals surface area contributed by atoms with E-state index in [1.54, 1.807) is 0 Å². The molecular formula is C21H31N3O4. The molecule has 0 bridgehead atoms. The fourth-order valence-corrected chi connectivity index (χ4v) is 4.32. The van der Waals surface area contributed by atoms with Crippen molar-refractivity contribution in [2.45, 2.75) is 76.5 Å². The summed E-state index contributed by atoms with van der Waals surface area (Å²) in [4.78, 5) is 46.0. The van der Waals surface area contributed by atoms with Crippen molar-refractivity contribution in [2.75, 3.05) is 20.2 Å². The highest BCUT2D eigenvalue weighted by molar-refractivity contribution is 5.77. The maximum absolute atomic E-state index is 12.6. The van der Waals surface area contributed by atoms with Gasteiger partial charge in [-0.15, -0.1) is 0 Å². The van der Waals surface area contributed by atoms with Crippen LogP contribution in [0.4, 0.5) is 0 Å². The van der Waals surface area contributed by atoms with Gasteiger partial charge in [-0.3, -0.25) is 14.4 Å². The van der Waals surface area contributed by atoms with Gasteiger partial charge in [0.25, 0.3) is 5.56 Å². The third-order valence-corrected chi connectivity index (χ3v) is 6.15. The monoisotopic (exact) mass is 389 g/mol. The summed E-state index contributed by atoms with van der Waals surface area (Å²) >= 11 is 0. The van der Waals surface area contributed by atoms with Gasteiger partial charge in [0.05, 0.1) is 12.8 Å². The standard InChI is InChI=1S/C21H31N3O4/c1-20(2,3)19-22-17-14(18(27)23-19)8-9-21(17)10-12-24(13-11-21)15(25)6-5-7-16(26)28-4/h5-13H2,1-4H3,(H,22,23,27). The maximum atomic E-state index is 12.6. The summed E-state index contributed by atoms with van der Waals surface area (Å²) in [5.74, 6) is 0.545. The predicted octanol–water partition coefficient (Wildman–Crippen LogP) is 2.22. The molecule has 1 saturated heterocycles. The van der Waals surface area contributed by atoms with Crippen molar-refractivity contribution < 1.29 is 14.3 Å². The molecule has 1 spiro atoms. The van der Waals surface area contributed by atoms with Crippen LogP contribution < -0.4 is 5.56 Å². The molecule has 1 aromatic heterocycles. The number of nitrogens with one attached hydrogen (secondary N) is 1. The predicted molar refractivity (Wildman–Crippen MR) is 105 cm³/mol.